The van der Waals surface area contributed by atoms with E-state index in [2.05, 4.69) is 11.9 Å². The molecule has 54 heavy (non-hydrogen) atoms. The number of phenols is 1. The van der Waals surface area contributed by atoms with Gasteiger partial charge in [-0.2, -0.15) is 0 Å². The zero-order valence-electron chi connectivity index (χ0n) is 29.5. The van der Waals surface area contributed by atoms with E-state index in [9.17, 15) is 27.9 Å². The molecule has 2 saturated heterocycles. The monoisotopic (exact) mass is 766 g/mol. The first-order valence-electron chi connectivity index (χ1n) is 17.4. The van der Waals surface area contributed by atoms with E-state index in [0.29, 0.717) is 22.0 Å². The van der Waals surface area contributed by atoms with Crippen molar-refractivity contribution in [2.45, 2.75) is 43.5 Å². The number of rotatable bonds is 10. The van der Waals surface area contributed by atoms with Crippen LogP contribution < -0.4 is 5.32 Å². The molecule has 3 heterocycles. The van der Waals surface area contributed by atoms with Gasteiger partial charge >= 0.3 is 6.03 Å². The molecule has 2 atom stereocenters. The molecule has 2 N–H and O–H groups in total. The minimum Gasteiger partial charge on any atom is -0.508 e. The van der Waals surface area contributed by atoms with Crippen molar-refractivity contribution in [1.29, 1.82) is 0 Å². The van der Waals surface area contributed by atoms with Crippen LogP contribution in [0.4, 0.5) is 4.79 Å². The van der Waals surface area contributed by atoms with E-state index >= 15 is 0 Å². The third-order valence-electron chi connectivity index (χ3n) is 9.80. The van der Waals surface area contributed by atoms with E-state index in [1.807, 2.05) is 37.3 Å². The number of amides is 4. The molecule has 0 aliphatic carbocycles. The van der Waals surface area contributed by atoms with Crippen molar-refractivity contribution >= 4 is 50.4 Å². The Balaban J connectivity index is 1.30. The third-order valence-corrected chi connectivity index (χ3v) is 11.8. The van der Waals surface area contributed by atoms with Crippen LogP contribution in [0, 0.1) is 6.92 Å². The Morgan fingerprint density at radius 1 is 0.963 bits per heavy atom. The Morgan fingerprint density at radius 2 is 1.69 bits per heavy atom. The molecule has 7 rings (SSSR count). The summed E-state index contributed by atoms with van der Waals surface area (Å²) in [5, 5.41) is 16.7. The van der Waals surface area contributed by atoms with Gasteiger partial charge in [0.15, 0.2) is 0 Å². The molecule has 4 amide bonds. The summed E-state index contributed by atoms with van der Waals surface area (Å²) in [6.07, 6.45) is 2.15. The summed E-state index contributed by atoms with van der Waals surface area (Å²) in [6, 6.07) is 26.1. The number of hydrazine groups is 1. The summed E-state index contributed by atoms with van der Waals surface area (Å²) in [5.74, 6) is -0.659. The van der Waals surface area contributed by atoms with E-state index in [4.69, 9.17) is 11.6 Å². The maximum absolute atomic E-state index is 14.7. The highest BCUT2D eigenvalue weighted by molar-refractivity contribution is 7.90. The lowest BCUT2D eigenvalue weighted by Gasteiger charge is -2.55. The second kappa shape index (κ2) is 15.0. The number of fused-ring (bicyclic) bond motifs is 2. The number of carbonyl (C=O) groups is 3. The SMILES string of the molecule is C=CCN1CC(=O)N2C(Cc3ccc(O)cc3)C(=O)N(Cc3cccc4c(Cl)cn(S(=O)(=O)c5ccc(C)cc5)c34)CC2N1C(=O)NCc1ccccc1. The lowest BCUT2D eigenvalue weighted by Crippen LogP contribution is -2.76. The fraction of sp³-hybridized carbons (Fsp3) is 0.225. The minimum absolute atomic E-state index is 0.0501. The van der Waals surface area contributed by atoms with Gasteiger partial charge in [0, 0.05) is 37.6 Å². The molecule has 2 fully saturated rings. The van der Waals surface area contributed by atoms with Crippen LogP contribution in [0.2, 0.25) is 5.02 Å². The molecule has 12 nitrogen and oxygen atoms in total. The number of halogens is 1. The van der Waals surface area contributed by atoms with Crippen molar-refractivity contribution in [3.63, 3.8) is 0 Å². The number of carbonyl (C=O) groups excluding carboxylic acids is 3. The molecule has 14 heteroatoms. The van der Waals surface area contributed by atoms with Crippen LogP contribution in [0.3, 0.4) is 0 Å². The Bertz CT molecular complexity index is 2330. The second-order valence-corrected chi connectivity index (χ2v) is 15.6. The fourth-order valence-electron chi connectivity index (χ4n) is 7.18. The minimum atomic E-state index is -4.10. The average molecular weight is 767 g/mol. The number of para-hydroxylation sites is 1. The Hall–Kier alpha value is -5.63. The van der Waals surface area contributed by atoms with Gasteiger partial charge in [-0.3, -0.25) is 9.59 Å². The van der Waals surface area contributed by atoms with Crippen molar-refractivity contribution in [1.82, 2.24) is 29.1 Å². The number of aromatic nitrogens is 1. The van der Waals surface area contributed by atoms with Gasteiger partial charge in [0.2, 0.25) is 11.8 Å². The molecule has 4 aromatic carbocycles. The van der Waals surface area contributed by atoms with Crippen LogP contribution in [0.25, 0.3) is 10.9 Å². The van der Waals surface area contributed by atoms with Crippen LogP contribution >= 0.6 is 11.6 Å². The van der Waals surface area contributed by atoms with E-state index in [1.165, 1.54) is 40.4 Å². The number of benzene rings is 4. The fourth-order valence-corrected chi connectivity index (χ4v) is 8.90. The Kier molecular flexibility index (Phi) is 10.2. The van der Waals surface area contributed by atoms with E-state index in [-0.39, 0.29) is 66.6 Å². The van der Waals surface area contributed by atoms with Gasteiger partial charge in [-0.05, 0) is 47.9 Å². The second-order valence-electron chi connectivity index (χ2n) is 13.4. The summed E-state index contributed by atoms with van der Waals surface area (Å²) in [4.78, 5) is 45.9. The smallest absolute Gasteiger partial charge is 0.334 e. The van der Waals surface area contributed by atoms with Crippen molar-refractivity contribution in [3.05, 3.63) is 143 Å². The number of aryl methyl sites for hydroxylation is 1. The standard InChI is InChI=1S/C40H39ClN6O6S/c1-3-20-44-26-37(49)46-35(21-28-14-16-31(48)17-15-28)39(50)43(25-36(46)47(44)40(51)42-22-29-8-5-4-6-9-29)23-30-10-7-11-33-34(41)24-45(38(30)33)54(52,53)32-18-12-27(2)13-19-32/h3-19,24,35-36,48H,1,20-23,25-26H2,2H3,(H,42,51). The Labute approximate surface area is 318 Å². The first-order chi connectivity index (χ1) is 26.0. The third kappa shape index (κ3) is 7.05. The van der Waals surface area contributed by atoms with Crippen LogP contribution in [-0.4, -0.2) is 87.0 Å². The van der Waals surface area contributed by atoms with Gasteiger partial charge in [-0.1, -0.05) is 96.0 Å². The van der Waals surface area contributed by atoms with Crippen molar-refractivity contribution in [2.75, 3.05) is 19.6 Å². The van der Waals surface area contributed by atoms with Crippen molar-refractivity contribution in [3.8, 4) is 5.75 Å². The van der Waals surface area contributed by atoms with Gasteiger partial charge in [-0.15, -0.1) is 6.58 Å². The van der Waals surface area contributed by atoms with Crippen molar-refractivity contribution < 1.29 is 27.9 Å². The topological polar surface area (TPSA) is 136 Å². The number of nitrogens with zero attached hydrogens (tertiary/aromatic N) is 5. The largest absolute Gasteiger partial charge is 0.508 e. The molecular formula is C40H39ClN6O6S. The quantitative estimate of drug-likeness (QED) is 0.185. The molecule has 0 spiro atoms. The molecule has 278 valence electrons. The van der Waals surface area contributed by atoms with E-state index in [0.717, 1.165) is 15.1 Å². The summed E-state index contributed by atoms with van der Waals surface area (Å²) < 4.78 is 29.3. The molecule has 1 aromatic heterocycles. The summed E-state index contributed by atoms with van der Waals surface area (Å²) in [7, 11) is -4.10. The predicted molar refractivity (Wildman–Crippen MR) is 205 cm³/mol. The summed E-state index contributed by atoms with van der Waals surface area (Å²) in [5.41, 5.74) is 3.30. The molecular weight excluding hydrogens is 728 g/mol. The number of urea groups is 1. The maximum atomic E-state index is 14.7. The first-order valence-corrected chi connectivity index (χ1v) is 19.2. The maximum Gasteiger partial charge on any atom is 0.334 e. The molecule has 2 aliphatic heterocycles. The van der Waals surface area contributed by atoms with Crippen LogP contribution in [0.1, 0.15) is 22.3 Å². The van der Waals surface area contributed by atoms with Gasteiger partial charge < -0.3 is 20.2 Å². The van der Waals surface area contributed by atoms with Crippen LogP contribution in [0.5, 0.6) is 5.75 Å². The Morgan fingerprint density at radius 3 is 2.39 bits per heavy atom. The van der Waals surface area contributed by atoms with Gasteiger partial charge in [0.25, 0.3) is 10.0 Å². The van der Waals surface area contributed by atoms with E-state index < -0.39 is 28.3 Å². The number of phenolic OH excluding ortho intramolecular Hbond substituents is 1. The average Bonchev–Trinajstić information content (AvgIpc) is 3.51. The zero-order chi connectivity index (χ0) is 38.1. The van der Waals surface area contributed by atoms with Gasteiger partial charge in [0.1, 0.15) is 18.0 Å². The highest BCUT2D eigenvalue weighted by Gasteiger charge is 2.51. The highest BCUT2D eigenvalue weighted by atomic mass is 35.5. The molecule has 0 radical (unpaired) electrons. The molecule has 0 saturated carbocycles. The van der Waals surface area contributed by atoms with Crippen LogP contribution in [0.15, 0.2) is 121 Å². The summed E-state index contributed by atoms with van der Waals surface area (Å²) in [6.45, 7) is 5.85. The number of piperazine rings is 1. The number of aromatic hydroxyl groups is 1. The van der Waals surface area contributed by atoms with Gasteiger partial charge in [-0.25, -0.2) is 27.2 Å². The lowest BCUT2D eigenvalue weighted by atomic mass is 9.98. The summed E-state index contributed by atoms with van der Waals surface area (Å²) >= 11 is 6.65. The van der Waals surface area contributed by atoms with Crippen LogP contribution in [-0.2, 0) is 39.1 Å². The first kappa shape index (κ1) is 36.7. The molecule has 2 unspecified atom stereocenters. The normalized spacial score (nSPS) is 17.9. The molecule has 0 bridgehead atoms. The lowest BCUT2D eigenvalue weighted by molar-refractivity contribution is -0.189. The number of hydrogen-bond acceptors (Lipinski definition) is 7. The predicted octanol–water partition coefficient (Wildman–Crippen LogP) is 5.28. The number of nitrogens with one attached hydrogen (secondary N) is 1. The van der Waals surface area contributed by atoms with E-state index in [1.54, 1.807) is 58.4 Å². The molecule has 2 aliphatic rings. The number of hydrogen-bond donors (Lipinski definition) is 2. The zero-order valence-corrected chi connectivity index (χ0v) is 31.1. The highest BCUT2D eigenvalue weighted by Crippen LogP contribution is 2.35. The van der Waals surface area contributed by atoms with Crippen molar-refractivity contribution in [2.24, 2.45) is 0 Å². The van der Waals surface area contributed by atoms with Gasteiger partial charge in [0.05, 0.1) is 28.5 Å². The molecule has 5 aromatic rings.